The second-order valence-electron chi connectivity index (χ2n) is 7.78. The summed E-state index contributed by atoms with van der Waals surface area (Å²) in [5.41, 5.74) is 1.36. The summed E-state index contributed by atoms with van der Waals surface area (Å²) in [4.78, 5) is 9.12. The number of hydrogen-bond donors (Lipinski definition) is 1. The lowest BCUT2D eigenvalue weighted by Gasteiger charge is -2.28. The van der Waals surface area contributed by atoms with Gasteiger partial charge in [-0.2, -0.15) is 0 Å². The van der Waals surface area contributed by atoms with E-state index >= 15 is 0 Å². The Kier molecular flexibility index (Phi) is 12.7. The quantitative estimate of drug-likeness (QED) is 0.317. The molecule has 1 N–H and O–H groups in total. The van der Waals surface area contributed by atoms with Gasteiger partial charge >= 0.3 is 0 Å². The Morgan fingerprint density at radius 2 is 1.89 bits per heavy atom. The van der Waals surface area contributed by atoms with Gasteiger partial charge in [-0.25, -0.2) is 0 Å². The van der Waals surface area contributed by atoms with Gasteiger partial charge in [-0.15, -0.1) is 24.0 Å². The first-order chi connectivity index (χ1) is 13.1. The van der Waals surface area contributed by atoms with Crippen LogP contribution in [0.5, 0.6) is 0 Å². The molecule has 0 aromatic heterocycles. The molecule has 2 rings (SSSR count). The first-order valence-electron chi connectivity index (χ1n) is 10.3. The highest BCUT2D eigenvalue weighted by Gasteiger charge is 2.16. The predicted octanol–water partition coefficient (Wildman–Crippen LogP) is 3.84. The van der Waals surface area contributed by atoms with Crippen molar-refractivity contribution in [3.63, 3.8) is 0 Å². The molecule has 1 aromatic carbocycles. The van der Waals surface area contributed by atoms with Gasteiger partial charge in [0.15, 0.2) is 5.96 Å². The predicted molar refractivity (Wildman–Crippen MR) is 130 cm³/mol. The van der Waals surface area contributed by atoms with Crippen LogP contribution in [-0.4, -0.2) is 69.2 Å². The zero-order valence-electron chi connectivity index (χ0n) is 18.1. The maximum absolute atomic E-state index is 5.45. The Hall–Kier alpha value is -0.860. The average Bonchev–Trinajstić information content (AvgIpc) is 2.70. The van der Waals surface area contributed by atoms with Gasteiger partial charge in [0.05, 0.1) is 0 Å². The van der Waals surface area contributed by atoms with E-state index in [9.17, 15) is 0 Å². The van der Waals surface area contributed by atoms with Crippen molar-refractivity contribution in [3.05, 3.63) is 35.9 Å². The van der Waals surface area contributed by atoms with E-state index in [0.717, 1.165) is 51.1 Å². The number of guanidine groups is 1. The SMILES string of the molecule is CN=C(NCCC(C)N(C)Cc1ccccc1)N(C)CCC1CCOCC1.I. The Morgan fingerprint density at radius 3 is 2.54 bits per heavy atom. The molecular formula is C22H39IN4O. The summed E-state index contributed by atoms with van der Waals surface area (Å²) >= 11 is 0. The fourth-order valence-electron chi connectivity index (χ4n) is 3.54. The van der Waals surface area contributed by atoms with E-state index in [1.165, 1.54) is 24.8 Å². The van der Waals surface area contributed by atoms with E-state index in [-0.39, 0.29) is 24.0 Å². The minimum absolute atomic E-state index is 0. The summed E-state index contributed by atoms with van der Waals surface area (Å²) < 4.78 is 5.45. The van der Waals surface area contributed by atoms with E-state index < -0.39 is 0 Å². The van der Waals surface area contributed by atoms with Crippen molar-refractivity contribution in [3.8, 4) is 0 Å². The molecule has 1 atom stereocenters. The van der Waals surface area contributed by atoms with Gasteiger partial charge in [-0.1, -0.05) is 30.3 Å². The Labute approximate surface area is 188 Å². The highest BCUT2D eigenvalue weighted by molar-refractivity contribution is 14.0. The maximum atomic E-state index is 5.45. The molecule has 1 aliphatic rings. The number of halogens is 1. The van der Waals surface area contributed by atoms with E-state index in [2.05, 4.69) is 71.5 Å². The number of rotatable bonds is 9. The molecule has 0 saturated carbocycles. The number of ether oxygens (including phenoxy) is 1. The fourth-order valence-corrected chi connectivity index (χ4v) is 3.54. The van der Waals surface area contributed by atoms with Crippen molar-refractivity contribution in [2.24, 2.45) is 10.9 Å². The highest BCUT2D eigenvalue weighted by atomic mass is 127. The van der Waals surface area contributed by atoms with Crippen LogP contribution in [0.1, 0.15) is 38.2 Å². The van der Waals surface area contributed by atoms with Crippen LogP contribution in [0.3, 0.4) is 0 Å². The molecule has 1 fully saturated rings. The molecule has 28 heavy (non-hydrogen) atoms. The third-order valence-corrected chi connectivity index (χ3v) is 5.66. The number of aliphatic imine (C=N–C) groups is 1. The van der Waals surface area contributed by atoms with E-state index in [1.807, 2.05) is 7.05 Å². The van der Waals surface area contributed by atoms with E-state index in [1.54, 1.807) is 0 Å². The van der Waals surface area contributed by atoms with Gasteiger partial charge in [0.2, 0.25) is 0 Å². The number of nitrogens with one attached hydrogen (secondary N) is 1. The van der Waals surface area contributed by atoms with Crippen LogP contribution in [0, 0.1) is 5.92 Å². The highest BCUT2D eigenvalue weighted by Crippen LogP contribution is 2.18. The standard InChI is InChI=1S/C22H38N4O.HI/c1-19(26(4)18-21-8-6-5-7-9-21)10-14-24-22(23-2)25(3)15-11-20-12-16-27-17-13-20;/h5-9,19-20H,10-18H2,1-4H3,(H,23,24);1H. The van der Waals surface area contributed by atoms with Crippen LogP contribution in [0.15, 0.2) is 35.3 Å². The van der Waals surface area contributed by atoms with Gasteiger partial charge in [-0.05, 0) is 51.1 Å². The van der Waals surface area contributed by atoms with Crippen molar-refractivity contribution < 1.29 is 4.74 Å². The summed E-state index contributed by atoms with van der Waals surface area (Å²) in [5, 5.41) is 3.53. The zero-order valence-corrected chi connectivity index (χ0v) is 20.4. The first-order valence-corrected chi connectivity index (χ1v) is 10.3. The summed E-state index contributed by atoms with van der Waals surface area (Å²) in [6, 6.07) is 11.2. The van der Waals surface area contributed by atoms with Crippen LogP contribution >= 0.6 is 24.0 Å². The van der Waals surface area contributed by atoms with Crippen molar-refractivity contribution in [1.82, 2.24) is 15.1 Å². The van der Waals surface area contributed by atoms with Crippen LogP contribution in [0.2, 0.25) is 0 Å². The average molecular weight is 502 g/mol. The topological polar surface area (TPSA) is 40.1 Å². The molecule has 1 aromatic rings. The monoisotopic (exact) mass is 502 g/mol. The lowest BCUT2D eigenvalue weighted by atomic mass is 9.96. The molecule has 1 aliphatic heterocycles. The zero-order chi connectivity index (χ0) is 19.5. The molecule has 0 spiro atoms. The first kappa shape index (κ1) is 25.2. The van der Waals surface area contributed by atoms with Crippen molar-refractivity contribution >= 4 is 29.9 Å². The smallest absolute Gasteiger partial charge is 0.193 e. The van der Waals surface area contributed by atoms with E-state index in [0.29, 0.717) is 6.04 Å². The Bertz CT molecular complexity index is 549. The summed E-state index contributed by atoms with van der Waals surface area (Å²) in [7, 11) is 6.21. The molecule has 0 amide bonds. The van der Waals surface area contributed by atoms with Crippen LogP contribution in [-0.2, 0) is 11.3 Å². The van der Waals surface area contributed by atoms with Crippen molar-refractivity contribution in [2.75, 3.05) is 47.4 Å². The van der Waals surface area contributed by atoms with Crippen LogP contribution < -0.4 is 5.32 Å². The van der Waals surface area contributed by atoms with Gasteiger partial charge in [-0.3, -0.25) is 9.89 Å². The molecule has 0 radical (unpaired) electrons. The number of benzene rings is 1. The van der Waals surface area contributed by atoms with Crippen molar-refractivity contribution in [1.29, 1.82) is 0 Å². The van der Waals surface area contributed by atoms with Crippen LogP contribution in [0.4, 0.5) is 0 Å². The maximum Gasteiger partial charge on any atom is 0.193 e. The number of nitrogens with zero attached hydrogens (tertiary/aromatic N) is 3. The molecule has 0 bridgehead atoms. The lowest BCUT2D eigenvalue weighted by molar-refractivity contribution is 0.0625. The molecule has 1 unspecified atom stereocenters. The van der Waals surface area contributed by atoms with E-state index in [4.69, 9.17) is 4.74 Å². The minimum Gasteiger partial charge on any atom is -0.381 e. The molecule has 5 nitrogen and oxygen atoms in total. The van der Waals surface area contributed by atoms with Gasteiger partial charge < -0.3 is 15.0 Å². The molecule has 0 aliphatic carbocycles. The summed E-state index contributed by atoms with van der Waals surface area (Å²) in [6.07, 6.45) is 4.71. The summed E-state index contributed by atoms with van der Waals surface area (Å²) in [5.74, 6) is 1.80. The Balaban J connectivity index is 0.00000392. The third kappa shape index (κ3) is 9.09. The third-order valence-electron chi connectivity index (χ3n) is 5.66. The van der Waals surface area contributed by atoms with Crippen LogP contribution in [0.25, 0.3) is 0 Å². The molecule has 160 valence electrons. The van der Waals surface area contributed by atoms with Gasteiger partial charge in [0.25, 0.3) is 0 Å². The molecule has 6 heteroatoms. The van der Waals surface area contributed by atoms with Gasteiger partial charge in [0.1, 0.15) is 0 Å². The Morgan fingerprint density at radius 1 is 1.21 bits per heavy atom. The number of hydrogen-bond acceptors (Lipinski definition) is 3. The second kappa shape index (κ2) is 14.2. The summed E-state index contributed by atoms with van der Waals surface area (Å²) in [6.45, 7) is 7.12. The van der Waals surface area contributed by atoms with Gasteiger partial charge in [0, 0.05) is 53.0 Å². The molecule has 1 heterocycles. The largest absolute Gasteiger partial charge is 0.381 e. The fraction of sp³-hybridized carbons (Fsp3) is 0.682. The second-order valence-corrected chi connectivity index (χ2v) is 7.78. The molecule has 1 saturated heterocycles. The molecular weight excluding hydrogens is 463 g/mol. The normalized spacial score (nSPS) is 16.5. The van der Waals surface area contributed by atoms with Crippen molar-refractivity contribution in [2.45, 2.75) is 45.2 Å². The minimum atomic E-state index is 0. The lowest BCUT2D eigenvalue weighted by Crippen LogP contribution is -2.42.